The fourth-order valence-electron chi connectivity index (χ4n) is 6.00. The maximum atomic E-state index is 13.1. The molecule has 0 spiro atoms. The summed E-state index contributed by atoms with van der Waals surface area (Å²) in [5.74, 6) is 1.63. The normalized spacial score (nSPS) is 14.2. The van der Waals surface area contributed by atoms with Crippen molar-refractivity contribution >= 4 is 29.2 Å². The monoisotopic (exact) mass is 610 g/mol. The highest BCUT2D eigenvalue weighted by Gasteiger charge is 2.34. The first-order valence-electron chi connectivity index (χ1n) is 15.2. The number of aromatic nitrogens is 2. The topological polar surface area (TPSA) is 103 Å². The van der Waals surface area contributed by atoms with Crippen molar-refractivity contribution in [1.82, 2.24) is 14.9 Å². The lowest BCUT2D eigenvalue weighted by Crippen LogP contribution is -2.48. The molecule has 45 heavy (non-hydrogen) atoms. The van der Waals surface area contributed by atoms with Crippen molar-refractivity contribution in [2.24, 2.45) is 0 Å². The quantitative estimate of drug-likeness (QED) is 0.204. The zero-order valence-corrected chi connectivity index (χ0v) is 26.8. The third-order valence-corrected chi connectivity index (χ3v) is 8.43. The van der Waals surface area contributed by atoms with Gasteiger partial charge in [-0.25, -0.2) is 14.7 Å². The molecule has 1 fully saturated rings. The first-order chi connectivity index (χ1) is 21.7. The fraction of sp³-hybridized carbons (Fsp3) is 0.343. The minimum absolute atomic E-state index is 0.220. The van der Waals surface area contributed by atoms with Gasteiger partial charge in [0.15, 0.2) is 0 Å². The van der Waals surface area contributed by atoms with E-state index in [0.717, 1.165) is 48.6 Å². The van der Waals surface area contributed by atoms with Gasteiger partial charge in [-0.3, -0.25) is 4.90 Å². The van der Waals surface area contributed by atoms with E-state index in [-0.39, 0.29) is 11.8 Å². The Morgan fingerprint density at radius 3 is 2.22 bits per heavy atom. The molecule has 1 aliphatic rings. The Balaban J connectivity index is 1.48. The smallest absolute Gasteiger partial charge is 0.413 e. The Morgan fingerprint density at radius 1 is 0.933 bits per heavy atom. The number of carboxylic acid groups (broad SMARTS) is 1. The molecule has 0 aliphatic carbocycles. The van der Waals surface area contributed by atoms with Crippen LogP contribution in [0.25, 0.3) is 0 Å². The van der Waals surface area contributed by atoms with E-state index in [1.807, 2.05) is 50.2 Å². The van der Waals surface area contributed by atoms with Crippen LogP contribution in [0, 0.1) is 13.8 Å². The lowest BCUT2D eigenvalue weighted by Gasteiger charge is -2.38. The van der Waals surface area contributed by atoms with Crippen LogP contribution in [0.1, 0.15) is 42.1 Å². The molecule has 0 bridgehead atoms. The molecule has 1 amide bonds. The van der Waals surface area contributed by atoms with Gasteiger partial charge in [-0.1, -0.05) is 18.2 Å². The molecule has 2 N–H and O–H groups in total. The summed E-state index contributed by atoms with van der Waals surface area (Å²) in [5.41, 5.74) is 5.32. The van der Waals surface area contributed by atoms with E-state index >= 15 is 0 Å². The Morgan fingerprint density at radius 2 is 1.62 bits per heavy atom. The molecule has 236 valence electrons. The van der Waals surface area contributed by atoms with Gasteiger partial charge in [0.2, 0.25) is 5.95 Å². The zero-order chi connectivity index (χ0) is 32.1. The van der Waals surface area contributed by atoms with Gasteiger partial charge < -0.3 is 24.8 Å². The van der Waals surface area contributed by atoms with Gasteiger partial charge in [0.1, 0.15) is 17.3 Å². The third-order valence-electron chi connectivity index (χ3n) is 8.43. The van der Waals surface area contributed by atoms with E-state index in [9.17, 15) is 9.90 Å². The molecule has 10 heteroatoms. The number of aryl methyl sites for hydroxylation is 2. The zero-order valence-electron chi connectivity index (χ0n) is 26.8. The number of hydrogen-bond donors (Lipinski definition) is 2. The second-order valence-electron chi connectivity index (χ2n) is 11.5. The molecular weight excluding hydrogens is 568 g/mol. The highest BCUT2D eigenvalue weighted by Crippen LogP contribution is 2.41. The van der Waals surface area contributed by atoms with Crippen molar-refractivity contribution in [1.29, 1.82) is 0 Å². The summed E-state index contributed by atoms with van der Waals surface area (Å²) in [5, 5.41) is 14.0. The van der Waals surface area contributed by atoms with Gasteiger partial charge in [-0.05, 0) is 92.9 Å². The van der Waals surface area contributed by atoms with E-state index < -0.39 is 12.1 Å². The summed E-state index contributed by atoms with van der Waals surface area (Å²) in [6.07, 6.45) is 0.396. The number of anilines is 4. The molecule has 1 atom stereocenters. The molecule has 5 rings (SSSR count). The Hall–Kier alpha value is -4.83. The van der Waals surface area contributed by atoms with Crippen LogP contribution in [-0.4, -0.2) is 72.5 Å². The summed E-state index contributed by atoms with van der Waals surface area (Å²) in [6.45, 7) is 12.5. The SMILES string of the molecule is COc1ccc(OC)c(C(c2c(C)cccc2C)N(C(=O)O)c2ccnc(Nc3ccc(N4CCN(C(C)C)CC4)cc3)n2)c1. The summed E-state index contributed by atoms with van der Waals surface area (Å²) in [6, 6.07) is 20.9. The van der Waals surface area contributed by atoms with Crippen molar-refractivity contribution in [3.63, 3.8) is 0 Å². The van der Waals surface area contributed by atoms with Crippen molar-refractivity contribution < 1.29 is 19.4 Å². The lowest BCUT2D eigenvalue weighted by atomic mass is 9.89. The standard InChI is InChI=1S/C35H42N6O4/c1-23(2)39-18-20-40(21-19-39)27-12-10-26(11-13-27)37-34-36-17-16-31(38-34)41(35(42)43)33(32-24(3)8-7-9-25(32)4)29-22-28(44-5)14-15-30(29)45-6/h7-17,22-23,33H,18-21H2,1-6H3,(H,42,43)(H,36,37,38). The predicted octanol–water partition coefficient (Wildman–Crippen LogP) is 6.66. The van der Waals surface area contributed by atoms with Crippen LogP contribution >= 0.6 is 0 Å². The average Bonchev–Trinajstić information content (AvgIpc) is 3.04. The van der Waals surface area contributed by atoms with E-state index in [0.29, 0.717) is 23.1 Å². The maximum Gasteiger partial charge on any atom is 0.413 e. The van der Waals surface area contributed by atoms with Gasteiger partial charge in [-0.15, -0.1) is 0 Å². The second-order valence-corrected chi connectivity index (χ2v) is 11.5. The third kappa shape index (κ3) is 6.96. The van der Waals surface area contributed by atoms with Crippen LogP contribution in [-0.2, 0) is 0 Å². The molecule has 1 saturated heterocycles. The summed E-state index contributed by atoms with van der Waals surface area (Å²) in [4.78, 5) is 28.4. The van der Waals surface area contributed by atoms with Crippen molar-refractivity contribution in [2.45, 2.75) is 39.8 Å². The van der Waals surface area contributed by atoms with Gasteiger partial charge in [-0.2, -0.15) is 4.98 Å². The van der Waals surface area contributed by atoms with Crippen molar-refractivity contribution in [2.75, 3.05) is 55.5 Å². The number of ether oxygens (including phenoxy) is 2. The number of carbonyl (C=O) groups is 1. The van der Waals surface area contributed by atoms with E-state index in [1.54, 1.807) is 38.6 Å². The number of methoxy groups -OCH3 is 2. The molecule has 2 heterocycles. The van der Waals surface area contributed by atoms with Crippen LogP contribution in [0.2, 0.25) is 0 Å². The second kappa shape index (κ2) is 13.9. The minimum Gasteiger partial charge on any atom is -0.497 e. The number of rotatable bonds is 10. The summed E-state index contributed by atoms with van der Waals surface area (Å²) < 4.78 is 11.3. The molecule has 0 saturated carbocycles. The Bertz CT molecular complexity index is 1600. The predicted molar refractivity (Wildman–Crippen MR) is 178 cm³/mol. The fourth-order valence-corrected chi connectivity index (χ4v) is 6.00. The number of piperazine rings is 1. The molecule has 4 aromatic rings. The van der Waals surface area contributed by atoms with Crippen molar-refractivity contribution in [3.8, 4) is 11.5 Å². The van der Waals surface area contributed by atoms with Gasteiger partial charge in [0.25, 0.3) is 0 Å². The van der Waals surface area contributed by atoms with Crippen LogP contribution in [0.4, 0.5) is 27.9 Å². The van der Waals surface area contributed by atoms with Gasteiger partial charge in [0, 0.05) is 55.4 Å². The first-order valence-corrected chi connectivity index (χ1v) is 15.2. The van der Waals surface area contributed by atoms with Crippen LogP contribution in [0.5, 0.6) is 11.5 Å². The molecular formula is C35H42N6O4. The summed E-state index contributed by atoms with van der Waals surface area (Å²) >= 11 is 0. The average molecular weight is 611 g/mol. The Labute approximate surface area is 265 Å². The largest absolute Gasteiger partial charge is 0.497 e. The summed E-state index contributed by atoms with van der Waals surface area (Å²) in [7, 11) is 3.15. The number of nitrogens with one attached hydrogen (secondary N) is 1. The molecule has 0 radical (unpaired) electrons. The van der Waals surface area contributed by atoms with Gasteiger partial charge in [0.05, 0.1) is 20.3 Å². The molecule has 1 aliphatic heterocycles. The molecule has 1 aromatic heterocycles. The highest BCUT2D eigenvalue weighted by molar-refractivity contribution is 5.87. The van der Waals surface area contributed by atoms with E-state index in [2.05, 4.69) is 46.1 Å². The van der Waals surface area contributed by atoms with E-state index in [1.165, 1.54) is 10.6 Å². The number of benzene rings is 3. The molecule has 3 aromatic carbocycles. The first kappa shape index (κ1) is 31.6. The maximum absolute atomic E-state index is 13.1. The molecule has 1 unspecified atom stereocenters. The van der Waals surface area contributed by atoms with Crippen LogP contribution < -0.4 is 24.6 Å². The Kier molecular flexibility index (Phi) is 9.73. The van der Waals surface area contributed by atoms with Crippen LogP contribution in [0.3, 0.4) is 0 Å². The number of nitrogens with zero attached hydrogens (tertiary/aromatic N) is 5. The molecule has 10 nitrogen and oxygen atoms in total. The highest BCUT2D eigenvalue weighted by atomic mass is 16.5. The minimum atomic E-state index is -1.17. The van der Waals surface area contributed by atoms with Crippen LogP contribution in [0.15, 0.2) is 72.9 Å². The van der Waals surface area contributed by atoms with Gasteiger partial charge >= 0.3 is 6.09 Å². The van der Waals surface area contributed by atoms with E-state index in [4.69, 9.17) is 14.5 Å². The van der Waals surface area contributed by atoms with Crippen molar-refractivity contribution in [3.05, 3.63) is 95.2 Å². The number of hydrogen-bond acceptors (Lipinski definition) is 8. The lowest BCUT2D eigenvalue weighted by molar-refractivity contribution is 0.199. The number of amides is 1.